The molecule has 0 aliphatic carbocycles. The van der Waals surface area contributed by atoms with Gasteiger partial charge in [0.15, 0.2) is 0 Å². The van der Waals surface area contributed by atoms with E-state index in [-0.39, 0.29) is 11.5 Å². The van der Waals surface area contributed by atoms with Crippen LogP contribution in [0.25, 0.3) is 0 Å². The van der Waals surface area contributed by atoms with Gasteiger partial charge < -0.3 is 10.1 Å². The molecule has 0 bridgehead atoms. The van der Waals surface area contributed by atoms with Gasteiger partial charge in [-0.25, -0.2) is 0 Å². The zero-order valence-electron chi connectivity index (χ0n) is 12.4. The van der Waals surface area contributed by atoms with E-state index in [1.807, 2.05) is 6.07 Å². The first-order valence-corrected chi connectivity index (χ1v) is 6.91. The molecule has 2 heteroatoms. The smallest absolute Gasteiger partial charge is 0.119 e. The Hall–Kier alpha value is -1.02. The van der Waals surface area contributed by atoms with E-state index in [2.05, 4.69) is 58.1 Å². The van der Waals surface area contributed by atoms with Gasteiger partial charge in [0.1, 0.15) is 5.75 Å². The van der Waals surface area contributed by atoms with Crippen molar-refractivity contribution in [3.05, 3.63) is 29.8 Å². The molecule has 0 fully saturated rings. The highest BCUT2D eigenvalue weighted by Gasteiger charge is 2.14. The van der Waals surface area contributed by atoms with Gasteiger partial charge in [-0.05, 0) is 49.5 Å². The number of benzene rings is 1. The van der Waals surface area contributed by atoms with Crippen LogP contribution < -0.4 is 10.1 Å². The van der Waals surface area contributed by atoms with Gasteiger partial charge in [-0.3, -0.25) is 0 Å². The Balaban J connectivity index is 2.57. The van der Waals surface area contributed by atoms with Crippen molar-refractivity contribution in [3.63, 3.8) is 0 Å². The highest BCUT2D eigenvalue weighted by molar-refractivity contribution is 5.32. The Bertz CT molecular complexity index is 354. The van der Waals surface area contributed by atoms with Crippen molar-refractivity contribution in [3.8, 4) is 5.75 Å². The summed E-state index contributed by atoms with van der Waals surface area (Å²) in [5, 5.41) is 3.32. The van der Waals surface area contributed by atoms with Crippen LogP contribution in [0.15, 0.2) is 24.3 Å². The third-order valence-corrected chi connectivity index (χ3v) is 3.01. The molecule has 0 heterocycles. The zero-order chi connectivity index (χ0) is 13.6. The largest absolute Gasteiger partial charge is 0.491 e. The van der Waals surface area contributed by atoms with E-state index < -0.39 is 0 Å². The molecule has 1 aromatic rings. The maximum atomic E-state index is 5.96. The summed E-state index contributed by atoms with van der Waals surface area (Å²) < 4.78 is 5.96. The number of ether oxygens (including phenoxy) is 1. The fourth-order valence-electron chi connectivity index (χ4n) is 1.81. The summed E-state index contributed by atoms with van der Waals surface area (Å²) in [6.45, 7) is 12.9. The molecule has 1 unspecified atom stereocenters. The highest BCUT2D eigenvalue weighted by Crippen LogP contribution is 2.26. The highest BCUT2D eigenvalue weighted by atomic mass is 16.5. The molecule has 0 aromatic heterocycles. The van der Waals surface area contributed by atoms with Gasteiger partial charge in [-0.2, -0.15) is 0 Å². The first-order valence-electron chi connectivity index (χ1n) is 6.91. The number of nitrogens with one attached hydrogen (secondary N) is 1. The quantitative estimate of drug-likeness (QED) is 0.775. The van der Waals surface area contributed by atoms with Crippen LogP contribution in [0.5, 0.6) is 5.75 Å². The van der Waals surface area contributed by atoms with Gasteiger partial charge in [-0.1, -0.05) is 39.8 Å². The monoisotopic (exact) mass is 249 g/mol. The summed E-state index contributed by atoms with van der Waals surface area (Å²) >= 11 is 0. The second-order valence-corrected chi connectivity index (χ2v) is 5.85. The van der Waals surface area contributed by atoms with Gasteiger partial charge in [0, 0.05) is 0 Å². The van der Waals surface area contributed by atoms with E-state index in [4.69, 9.17) is 4.74 Å². The Morgan fingerprint density at radius 2 is 2.00 bits per heavy atom. The molecular formula is C16H27NO. The lowest BCUT2D eigenvalue weighted by atomic mass is 9.87. The lowest BCUT2D eigenvalue weighted by Gasteiger charge is -2.21. The minimum absolute atomic E-state index is 0.173. The number of rotatable bonds is 6. The molecule has 2 nitrogen and oxygen atoms in total. The zero-order valence-corrected chi connectivity index (χ0v) is 12.4. The summed E-state index contributed by atoms with van der Waals surface area (Å²) in [4.78, 5) is 0. The van der Waals surface area contributed by atoms with Crippen LogP contribution >= 0.6 is 0 Å². The minimum atomic E-state index is 0.173. The molecule has 1 N–H and O–H groups in total. The van der Waals surface area contributed by atoms with Crippen molar-refractivity contribution in [2.24, 2.45) is 0 Å². The Morgan fingerprint density at radius 1 is 1.28 bits per heavy atom. The summed E-state index contributed by atoms with van der Waals surface area (Å²) in [6.07, 6.45) is 1.28. The van der Waals surface area contributed by atoms with Crippen molar-refractivity contribution >= 4 is 0 Å². The molecule has 0 spiro atoms. The van der Waals surface area contributed by atoms with Gasteiger partial charge in [0.25, 0.3) is 0 Å². The fraction of sp³-hybridized carbons (Fsp3) is 0.625. The maximum Gasteiger partial charge on any atom is 0.119 e. The predicted octanol–water partition coefficient (Wildman–Crippen LogP) is 3.75. The second kappa shape index (κ2) is 6.79. The van der Waals surface area contributed by atoms with Crippen molar-refractivity contribution < 1.29 is 4.74 Å². The molecule has 0 aliphatic rings. The van der Waals surface area contributed by atoms with Crippen LogP contribution in [0.2, 0.25) is 0 Å². The van der Waals surface area contributed by atoms with Crippen LogP contribution in [-0.4, -0.2) is 19.2 Å². The van der Waals surface area contributed by atoms with Gasteiger partial charge in [0.2, 0.25) is 0 Å². The third kappa shape index (κ3) is 5.09. The molecule has 18 heavy (non-hydrogen) atoms. The van der Waals surface area contributed by atoms with Crippen molar-refractivity contribution in [2.75, 3.05) is 13.1 Å². The summed E-state index contributed by atoms with van der Waals surface area (Å²) in [7, 11) is 0. The summed E-state index contributed by atoms with van der Waals surface area (Å²) in [5.41, 5.74) is 1.49. The SMILES string of the molecule is CCNCCC(C)Oc1cccc(C(C)(C)C)c1. The minimum Gasteiger partial charge on any atom is -0.491 e. The number of hydrogen-bond donors (Lipinski definition) is 1. The molecule has 102 valence electrons. The normalized spacial score (nSPS) is 13.4. The molecule has 0 saturated heterocycles. The molecule has 1 aromatic carbocycles. The summed E-state index contributed by atoms with van der Waals surface area (Å²) in [5.74, 6) is 0.978. The Morgan fingerprint density at radius 3 is 2.61 bits per heavy atom. The van der Waals surface area contributed by atoms with E-state index in [0.717, 1.165) is 25.3 Å². The van der Waals surface area contributed by atoms with Crippen LogP contribution in [0.3, 0.4) is 0 Å². The molecule has 0 aliphatic heterocycles. The van der Waals surface area contributed by atoms with Crippen LogP contribution in [0, 0.1) is 0 Å². The topological polar surface area (TPSA) is 21.3 Å². The lowest BCUT2D eigenvalue weighted by molar-refractivity contribution is 0.210. The second-order valence-electron chi connectivity index (χ2n) is 5.85. The van der Waals surface area contributed by atoms with Crippen molar-refractivity contribution in [1.29, 1.82) is 0 Å². The van der Waals surface area contributed by atoms with Crippen LogP contribution in [0.1, 0.15) is 46.6 Å². The Labute approximate surface area is 112 Å². The molecule has 0 amide bonds. The molecule has 1 atom stereocenters. The van der Waals surface area contributed by atoms with Gasteiger partial charge in [-0.15, -0.1) is 0 Å². The fourth-order valence-corrected chi connectivity index (χ4v) is 1.81. The number of hydrogen-bond acceptors (Lipinski definition) is 2. The van der Waals surface area contributed by atoms with E-state index in [1.54, 1.807) is 0 Å². The van der Waals surface area contributed by atoms with E-state index in [1.165, 1.54) is 5.56 Å². The van der Waals surface area contributed by atoms with E-state index >= 15 is 0 Å². The standard InChI is InChI=1S/C16H27NO/c1-6-17-11-10-13(2)18-15-9-7-8-14(12-15)16(3,4)5/h7-9,12-13,17H,6,10-11H2,1-5H3. The van der Waals surface area contributed by atoms with Crippen LogP contribution in [0.4, 0.5) is 0 Å². The molecule has 0 saturated carbocycles. The van der Waals surface area contributed by atoms with E-state index in [9.17, 15) is 0 Å². The van der Waals surface area contributed by atoms with Crippen molar-refractivity contribution in [1.82, 2.24) is 5.32 Å². The third-order valence-electron chi connectivity index (χ3n) is 3.01. The van der Waals surface area contributed by atoms with E-state index in [0.29, 0.717) is 0 Å². The first kappa shape index (κ1) is 15.0. The maximum absolute atomic E-state index is 5.96. The predicted molar refractivity (Wildman–Crippen MR) is 78.4 cm³/mol. The first-order chi connectivity index (χ1) is 8.43. The lowest BCUT2D eigenvalue weighted by Crippen LogP contribution is -2.22. The van der Waals surface area contributed by atoms with Crippen molar-refractivity contribution in [2.45, 2.75) is 52.6 Å². The molecular weight excluding hydrogens is 222 g/mol. The Kier molecular flexibility index (Phi) is 5.67. The molecule has 1 rings (SSSR count). The van der Waals surface area contributed by atoms with Gasteiger partial charge in [0.05, 0.1) is 6.10 Å². The van der Waals surface area contributed by atoms with Gasteiger partial charge >= 0.3 is 0 Å². The van der Waals surface area contributed by atoms with Crippen LogP contribution in [-0.2, 0) is 5.41 Å². The average molecular weight is 249 g/mol. The summed E-state index contributed by atoms with van der Waals surface area (Å²) in [6, 6.07) is 8.44. The molecule has 0 radical (unpaired) electrons. The average Bonchev–Trinajstić information content (AvgIpc) is 2.28.